The molecule has 0 saturated carbocycles. The van der Waals surface area contributed by atoms with Gasteiger partial charge in [0.25, 0.3) is 0 Å². The Morgan fingerprint density at radius 2 is 2.06 bits per heavy atom. The first kappa shape index (κ1) is 15.9. The zero-order chi connectivity index (χ0) is 11.5. The Hall–Kier alpha value is -0.0600. The van der Waals surface area contributed by atoms with E-state index in [2.05, 4.69) is 0 Å². The van der Waals surface area contributed by atoms with E-state index < -0.39 is 11.5 Å². The van der Waals surface area contributed by atoms with E-state index in [4.69, 9.17) is 22.4 Å². The Labute approximate surface area is 122 Å². The first-order valence-corrected chi connectivity index (χ1v) is 5.13. The molecular formula is C11H15ClNNaO2. The molecule has 0 aliphatic heterocycles. The number of carboxylic acid groups (broad SMARTS) is 1. The molecule has 0 bridgehead atoms. The van der Waals surface area contributed by atoms with Crippen LogP contribution in [-0.4, -0.2) is 46.2 Å². The van der Waals surface area contributed by atoms with E-state index in [9.17, 15) is 4.79 Å². The van der Waals surface area contributed by atoms with Gasteiger partial charge in [-0.1, -0.05) is 36.7 Å². The van der Waals surface area contributed by atoms with Crippen LogP contribution in [-0.2, 0) is 11.2 Å². The van der Waals surface area contributed by atoms with Crippen LogP contribution >= 0.6 is 11.6 Å². The molecule has 0 aromatic heterocycles. The molecule has 16 heavy (non-hydrogen) atoms. The number of carboxylic acids is 1. The van der Waals surface area contributed by atoms with Gasteiger partial charge >= 0.3 is 35.5 Å². The Balaban J connectivity index is 0.00000225. The summed E-state index contributed by atoms with van der Waals surface area (Å²) in [4.78, 5) is 11.0. The van der Waals surface area contributed by atoms with Gasteiger partial charge < -0.3 is 10.8 Å². The molecule has 3 N–H and O–H groups in total. The molecule has 0 radical (unpaired) electrons. The van der Waals surface area contributed by atoms with Gasteiger partial charge in [-0.05, 0) is 18.1 Å². The fraction of sp³-hybridized carbons (Fsp3) is 0.364. The number of rotatable bonds is 4. The van der Waals surface area contributed by atoms with Gasteiger partial charge in [-0.2, -0.15) is 0 Å². The van der Waals surface area contributed by atoms with Crippen LogP contribution in [0.3, 0.4) is 0 Å². The molecule has 0 fully saturated rings. The summed E-state index contributed by atoms with van der Waals surface area (Å²) in [7, 11) is 0. The third-order valence-corrected chi connectivity index (χ3v) is 2.89. The monoisotopic (exact) mass is 251 g/mol. The molecule has 3 nitrogen and oxygen atoms in total. The van der Waals surface area contributed by atoms with Crippen molar-refractivity contribution < 1.29 is 9.90 Å². The summed E-state index contributed by atoms with van der Waals surface area (Å²) < 4.78 is 0. The van der Waals surface area contributed by atoms with Gasteiger partial charge in [0, 0.05) is 11.4 Å². The van der Waals surface area contributed by atoms with Crippen molar-refractivity contribution in [3.8, 4) is 0 Å². The minimum atomic E-state index is -1.23. The number of benzene rings is 1. The number of nitrogens with two attached hydrogens (primary N) is 1. The molecule has 1 aromatic rings. The predicted octanol–water partition coefficient (Wildman–Crippen LogP) is 1.43. The van der Waals surface area contributed by atoms with E-state index in [1.165, 1.54) is 0 Å². The van der Waals surface area contributed by atoms with Crippen molar-refractivity contribution in [2.45, 2.75) is 25.3 Å². The third kappa shape index (κ3) is 3.75. The average molecular weight is 252 g/mol. The predicted molar refractivity (Wildman–Crippen MR) is 67.2 cm³/mol. The van der Waals surface area contributed by atoms with Gasteiger partial charge in [-0.25, -0.2) is 0 Å². The molecule has 0 amide bonds. The first-order valence-electron chi connectivity index (χ1n) is 4.75. The SMILES string of the molecule is CCC(N)(Cc1ccccc1Cl)C(=O)O.[NaH]. The molecule has 5 heteroatoms. The minimum absolute atomic E-state index is 0. The Morgan fingerprint density at radius 3 is 2.50 bits per heavy atom. The van der Waals surface area contributed by atoms with Crippen LogP contribution in [0.2, 0.25) is 5.02 Å². The number of hydrogen-bond donors (Lipinski definition) is 2. The maximum absolute atomic E-state index is 11.0. The van der Waals surface area contributed by atoms with Crippen molar-refractivity contribution in [1.29, 1.82) is 0 Å². The normalized spacial score (nSPS) is 13.7. The molecule has 84 valence electrons. The van der Waals surface area contributed by atoms with E-state index in [1.807, 2.05) is 6.07 Å². The van der Waals surface area contributed by atoms with Gasteiger partial charge in [0.05, 0.1) is 0 Å². The Morgan fingerprint density at radius 1 is 1.50 bits per heavy atom. The van der Waals surface area contributed by atoms with Crippen LogP contribution in [0.1, 0.15) is 18.9 Å². The summed E-state index contributed by atoms with van der Waals surface area (Å²) >= 11 is 5.94. The van der Waals surface area contributed by atoms with Crippen LogP contribution in [0, 0.1) is 0 Å². The zero-order valence-corrected chi connectivity index (χ0v) is 9.29. The van der Waals surface area contributed by atoms with Gasteiger partial charge in [-0.15, -0.1) is 0 Å². The van der Waals surface area contributed by atoms with Gasteiger partial charge in [0.15, 0.2) is 0 Å². The molecular weight excluding hydrogens is 237 g/mol. The van der Waals surface area contributed by atoms with E-state index >= 15 is 0 Å². The van der Waals surface area contributed by atoms with Crippen LogP contribution in [0.5, 0.6) is 0 Å². The molecule has 1 aromatic carbocycles. The Kier molecular flexibility index (Phi) is 6.60. The van der Waals surface area contributed by atoms with Crippen LogP contribution in [0.4, 0.5) is 0 Å². The van der Waals surface area contributed by atoms with Crippen molar-refractivity contribution in [3.63, 3.8) is 0 Å². The number of carbonyl (C=O) groups is 1. The molecule has 0 aliphatic rings. The van der Waals surface area contributed by atoms with Gasteiger partial charge in [0.1, 0.15) is 5.54 Å². The maximum atomic E-state index is 11.0. The number of aliphatic carboxylic acids is 1. The van der Waals surface area contributed by atoms with Crippen LogP contribution < -0.4 is 5.73 Å². The fourth-order valence-corrected chi connectivity index (χ4v) is 1.54. The zero-order valence-electron chi connectivity index (χ0n) is 8.53. The van der Waals surface area contributed by atoms with Crippen LogP contribution in [0.25, 0.3) is 0 Å². The van der Waals surface area contributed by atoms with Gasteiger partial charge in [0.2, 0.25) is 0 Å². The van der Waals surface area contributed by atoms with Crippen molar-refractivity contribution in [1.82, 2.24) is 0 Å². The van der Waals surface area contributed by atoms with Crippen LogP contribution in [0.15, 0.2) is 24.3 Å². The number of hydrogen-bond acceptors (Lipinski definition) is 2. The molecule has 0 spiro atoms. The summed E-state index contributed by atoms with van der Waals surface area (Å²) in [6.07, 6.45) is 0.617. The quantitative estimate of drug-likeness (QED) is 0.796. The molecule has 0 saturated heterocycles. The summed E-state index contributed by atoms with van der Waals surface area (Å²) in [6, 6.07) is 7.15. The van der Waals surface area contributed by atoms with E-state index in [1.54, 1.807) is 25.1 Å². The molecule has 0 aliphatic carbocycles. The van der Waals surface area contributed by atoms with Crippen molar-refractivity contribution in [2.75, 3.05) is 0 Å². The van der Waals surface area contributed by atoms with E-state index in [0.717, 1.165) is 5.56 Å². The number of halogens is 1. The molecule has 1 rings (SSSR count). The second kappa shape index (κ2) is 6.62. The molecule has 1 atom stereocenters. The van der Waals surface area contributed by atoms with Crippen molar-refractivity contribution in [2.24, 2.45) is 5.73 Å². The topological polar surface area (TPSA) is 63.3 Å². The molecule has 1 unspecified atom stereocenters. The van der Waals surface area contributed by atoms with Crippen molar-refractivity contribution in [3.05, 3.63) is 34.9 Å². The van der Waals surface area contributed by atoms with Crippen molar-refractivity contribution >= 4 is 47.1 Å². The Bertz CT molecular complexity index is 373. The van der Waals surface area contributed by atoms with E-state index in [0.29, 0.717) is 11.4 Å². The summed E-state index contributed by atoms with van der Waals surface area (Å²) in [5, 5.41) is 9.57. The summed E-state index contributed by atoms with van der Waals surface area (Å²) in [5.74, 6) is -0.995. The second-order valence-corrected chi connectivity index (χ2v) is 3.99. The first-order chi connectivity index (χ1) is 6.99. The third-order valence-electron chi connectivity index (χ3n) is 2.52. The average Bonchev–Trinajstić information content (AvgIpc) is 2.21. The fourth-order valence-electron chi connectivity index (χ4n) is 1.33. The van der Waals surface area contributed by atoms with Gasteiger partial charge in [-0.3, -0.25) is 4.79 Å². The molecule has 0 heterocycles. The standard InChI is InChI=1S/C11H14ClNO2.Na.H/c1-2-11(13,10(14)15)7-8-5-3-4-6-9(8)12;;/h3-6H,2,7,13H2,1H3,(H,14,15);;. The second-order valence-electron chi connectivity index (χ2n) is 3.58. The van der Waals surface area contributed by atoms with E-state index in [-0.39, 0.29) is 36.0 Å². The summed E-state index contributed by atoms with van der Waals surface area (Å²) in [5.41, 5.74) is 5.32. The summed E-state index contributed by atoms with van der Waals surface area (Å²) in [6.45, 7) is 1.75.